The van der Waals surface area contributed by atoms with E-state index < -0.39 is 5.69 Å². The van der Waals surface area contributed by atoms with E-state index >= 15 is 0 Å². The maximum Gasteiger partial charge on any atom is 0.348 e. The van der Waals surface area contributed by atoms with E-state index in [1.165, 1.54) is 4.57 Å². The monoisotopic (exact) mass is 267 g/mol. The van der Waals surface area contributed by atoms with Crippen molar-refractivity contribution in [3.05, 3.63) is 63.3 Å². The average molecular weight is 267 g/mol. The third-order valence-corrected chi connectivity index (χ3v) is 2.98. The van der Waals surface area contributed by atoms with Crippen LogP contribution in [0.1, 0.15) is 27.3 Å². The van der Waals surface area contributed by atoms with Gasteiger partial charge in [0, 0.05) is 17.0 Å². The molecule has 0 aliphatic heterocycles. The molecule has 0 bridgehead atoms. The van der Waals surface area contributed by atoms with Gasteiger partial charge in [-0.3, -0.25) is 9.36 Å². The summed E-state index contributed by atoms with van der Waals surface area (Å²) in [6.07, 6.45) is 0. The topological polar surface area (TPSA) is 75.8 Å². The molecule has 1 aromatic heterocycles. The van der Waals surface area contributed by atoms with E-state index in [1.54, 1.807) is 44.2 Å². The zero-order valence-corrected chi connectivity index (χ0v) is 11.3. The highest BCUT2D eigenvalue weighted by molar-refractivity contribution is 5.96. The molecule has 0 radical (unpaired) electrons. The molecule has 0 amide bonds. The first-order chi connectivity index (χ1) is 9.51. The molecule has 20 heavy (non-hydrogen) atoms. The Morgan fingerprint density at radius 1 is 1.30 bits per heavy atom. The van der Waals surface area contributed by atoms with E-state index in [9.17, 15) is 9.59 Å². The van der Waals surface area contributed by atoms with Crippen molar-refractivity contribution in [2.45, 2.75) is 20.4 Å². The van der Waals surface area contributed by atoms with Crippen LogP contribution >= 0.6 is 0 Å². The van der Waals surface area contributed by atoms with Crippen molar-refractivity contribution in [3.63, 3.8) is 0 Å². The molecule has 0 atom stereocenters. The molecule has 1 heterocycles. The number of ketones is 1. The Labute approximate surface area is 116 Å². The first-order valence-electron chi connectivity index (χ1n) is 6.09. The van der Waals surface area contributed by atoms with Crippen molar-refractivity contribution in [2.24, 2.45) is 0 Å². The Balaban J connectivity index is 2.28. The zero-order chi connectivity index (χ0) is 14.7. The molecule has 0 saturated heterocycles. The number of benzene rings is 1. The second-order valence-electron chi connectivity index (χ2n) is 4.52. The van der Waals surface area contributed by atoms with Crippen molar-refractivity contribution in [1.29, 1.82) is 5.26 Å². The van der Waals surface area contributed by atoms with Gasteiger partial charge in [-0.05, 0) is 32.0 Å². The van der Waals surface area contributed by atoms with E-state index in [-0.39, 0.29) is 12.3 Å². The number of Topliss-reactive ketones (excluding diaryl/α,β-unsaturated/α-hetero) is 1. The van der Waals surface area contributed by atoms with Crippen molar-refractivity contribution >= 4 is 5.78 Å². The Kier molecular flexibility index (Phi) is 3.76. The molecule has 0 aliphatic carbocycles. The molecule has 5 nitrogen and oxygen atoms in total. The van der Waals surface area contributed by atoms with Gasteiger partial charge >= 0.3 is 5.69 Å². The number of rotatable bonds is 3. The molecule has 1 aromatic carbocycles. The minimum atomic E-state index is -0.426. The quantitative estimate of drug-likeness (QED) is 0.792. The minimum absolute atomic E-state index is 0.0517. The van der Waals surface area contributed by atoms with Gasteiger partial charge in [-0.25, -0.2) is 4.79 Å². The van der Waals surface area contributed by atoms with Crippen LogP contribution in [0, 0.1) is 25.2 Å². The summed E-state index contributed by atoms with van der Waals surface area (Å²) in [5.74, 6) is -0.189. The van der Waals surface area contributed by atoms with Gasteiger partial charge in [0.1, 0.15) is 0 Å². The summed E-state index contributed by atoms with van der Waals surface area (Å²) in [6, 6.07) is 10.1. The minimum Gasteiger partial charge on any atom is -0.292 e. The first kappa shape index (κ1) is 13.7. The Hall–Kier alpha value is -2.74. The lowest BCUT2D eigenvalue weighted by Crippen LogP contribution is -2.28. The fourth-order valence-corrected chi connectivity index (χ4v) is 1.93. The Morgan fingerprint density at radius 3 is 2.50 bits per heavy atom. The zero-order valence-electron chi connectivity index (χ0n) is 11.3. The van der Waals surface area contributed by atoms with Crippen molar-refractivity contribution in [1.82, 2.24) is 9.55 Å². The number of aryl methyl sites for hydroxylation is 2. The largest absolute Gasteiger partial charge is 0.348 e. The van der Waals surface area contributed by atoms with Crippen LogP contribution < -0.4 is 5.69 Å². The second-order valence-corrected chi connectivity index (χ2v) is 4.52. The lowest BCUT2D eigenvalue weighted by Gasteiger charge is -2.09. The second kappa shape index (κ2) is 5.49. The van der Waals surface area contributed by atoms with Gasteiger partial charge in [-0.2, -0.15) is 10.2 Å². The highest BCUT2D eigenvalue weighted by Gasteiger charge is 2.10. The summed E-state index contributed by atoms with van der Waals surface area (Å²) in [5, 5.41) is 8.71. The molecular formula is C15H13N3O2. The first-order valence-corrected chi connectivity index (χ1v) is 6.09. The number of hydrogen-bond acceptors (Lipinski definition) is 4. The summed E-state index contributed by atoms with van der Waals surface area (Å²) in [6.45, 7) is 3.45. The van der Waals surface area contributed by atoms with E-state index in [0.29, 0.717) is 22.5 Å². The van der Waals surface area contributed by atoms with Gasteiger partial charge in [0.2, 0.25) is 0 Å². The van der Waals surface area contributed by atoms with Gasteiger partial charge < -0.3 is 0 Å². The van der Waals surface area contributed by atoms with Gasteiger partial charge in [0.15, 0.2) is 5.78 Å². The molecular weight excluding hydrogens is 254 g/mol. The highest BCUT2D eigenvalue weighted by Crippen LogP contribution is 2.06. The van der Waals surface area contributed by atoms with Crippen molar-refractivity contribution in [2.75, 3.05) is 0 Å². The van der Waals surface area contributed by atoms with Crippen LogP contribution in [0.15, 0.2) is 35.1 Å². The summed E-state index contributed by atoms with van der Waals surface area (Å²) in [5.41, 5.74) is 1.87. The van der Waals surface area contributed by atoms with Crippen LogP contribution in [-0.2, 0) is 6.54 Å². The van der Waals surface area contributed by atoms with Crippen LogP contribution in [0.4, 0.5) is 0 Å². The lowest BCUT2D eigenvalue weighted by atomic mass is 10.1. The number of carbonyl (C=O) groups excluding carboxylic acids is 1. The Morgan fingerprint density at radius 2 is 1.95 bits per heavy atom. The fraction of sp³-hybridized carbons (Fsp3) is 0.200. The summed E-state index contributed by atoms with van der Waals surface area (Å²) in [4.78, 5) is 27.7. The van der Waals surface area contributed by atoms with Gasteiger partial charge in [0.05, 0.1) is 18.2 Å². The number of nitrogens with zero attached hydrogens (tertiary/aromatic N) is 3. The molecule has 0 aliphatic rings. The molecule has 0 spiro atoms. The number of nitriles is 1. The van der Waals surface area contributed by atoms with Crippen LogP contribution in [-0.4, -0.2) is 15.3 Å². The van der Waals surface area contributed by atoms with E-state index in [0.717, 1.165) is 0 Å². The smallest absolute Gasteiger partial charge is 0.292 e. The van der Waals surface area contributed by atoms with Gasteiger partial charge in [-0.15, -0.1) is 0 Å². The number of aromatic nitrogens is 2. The molecule has 0 fully saturated rings. The Bertz CT molecular complexity index is 752. The molecule has 0 unspecified atom stereocenters. The summed E-state index contributed by atoms with van der Waals surface area (Å²) < 4.78 is 1.34. The van der Waals surface area contributed by atoms with Crippen molar-refractivity contribution < 1.29 is 4.79 Å². The third kappa shape index (κ3) is 2.81. The van der Waals surface area contributed by atoms with Gasteiger partial charge in [0.25, 0.3) is 0 Å². The van der Waals surface area contributed by atoms with E-state index in [1.807, 2.05) is 6.07 Å². The molecule has 5 heteroatoms. The number of hydrogen-bond donors (Lipinski definition) is 0. The highest BCUT2D eigenvalue weighted by atomic mass is 16.2. The normalized spacial score (nSPS) is 10.1. The van der Waals surface area contributed by atoms with E-state index in [2.05, 4.69) is 4.98 Å². The predicted molar refractivity (Wildman–Crippen MR) is 73.5 cm³/mol. The molecule has 2 rings (SSSR count). The fourth-order valence-electron chi connectivity index (χ4n) is 1.93. The lowest BCUT2D eigenvalue weighted by molar-refractivity contribution is 0.0969. The molecule has 0 N–H and O–H groups in total. The van der Waals surface area contributed by atoms with Gasteiger partial charge in [-0.1, -0.05) is 12.1 Å². The maximum atomic E-state index is 12.1. The molecule has 2 aromatic rings. The standard InChI is InChI=1S/C15H13N3O2/c1-10-7-11(2)18(15(20)17-10)9-14(19)13-5-3-12(8-16)4-6-13/h3-7H,9H2,1-2H3. The average Bonchev–Trinajstić information content (AvgIpc) is 2.42. The summed E-state index contributed by atoms with van der Waals surface area (Å²) >= 11 is 0. The maximum absolute atomic E-state index is 12.1. The van der Waals surface area contributed by atoms with Crippen molar-refractivity contribution in [3.8, 4) is 6.07 Å². The number of carbonyl (C=O) groups is 1. The predicted octanol–water partition coefficient (Wildman–Crippen LogP) is 1.61. The van der Waals surface area contributed by atoms with Crippen LogP contribution in [0.5, 0.6) is 0 Å². The molecule has 100 valence electrons. The molecule has 0 saturated carbocycles. The van der Waals surface area contributed by atoms with Crippen LogP contribution in [0.2, 0.25) is 0 Å². The van der Waals surface area contributed by atoms with Crippen LogP contribution in [0.3, 0.4) is 0 Å². The summed E-state index contributed by atoms with van der Waals surface area (Å²) in [7, 11) is 0. The SMILES string of the molecule is Cc1cc(C)n(CC(=O)c2ccc(C#N)cc2)c(=O)n1. The third-order valence-electron chi connectivity index (χ3n) is 2.98. The van der Waals surface area contributed by atoms with Crippen LogP contribution in [0.25, 0.3) is 0 Å². The van der Waals surface area contributed by atoms with E-state index in [4.69, 9.17) is 5.26 Å².